The van der Waals surface area contributed by atoms with Gasteiger partial charge >= 0.3 is 0 Å². The van der Waals surface area contributed by atoms with Gasteiger partial charge in [0.25, 0.3) is 0 Å². The second kappa shape index (κ2) is 8.14. The summed E-state index contributed by atoms with van der Waals surface area (Å²) >= 11 is 0. The summed E-state index contributed by atoms with van der Waals surface area (Å²) in [5.74, 6) is -0.166. The quantitative estimate of drug-likeness (QED) is 0.616. The molecule has 114 valence electrons. The van der Waals surface area contributed by atoms with E-state index in [1.54, 1.807) is 6.07 Å². The number of fused-ring (bicyclic) bond motifs is 1. The first-order valence-corrected chi connectivity index (χ1v) is 8.16. The van der Waals surface area contributed by atoms with Crippen molar-refractivity contribution in [3.05, 3.63) is 47.8 Å². The van der Waals surface area contributed by atoms with Crippen LogP contribution in [-0.4, -0.2) is 0 Å². The molecule has 0 radical (unpaired) electrons. The van der Waals surface area contributed by atoms with Crippen LogP contribution in [0.5, 0.6) is 0 Å². The summed E-state index contributed by atoms with van der Waals surface area (Å²) in [5.41, 5.74) is 7.40. The second-order valence-corrected chi connectivity index (χ2v) is 5.85. The average Bonchev–Trinajstić information content (AvgIpc) is 2.51. The van der Waals surface area contributed by atoms with Crippen molar-refractivity contribution in [2.45, 2.75) is 57.9 Å². The van der Waals surface area contributed by atoms with Crippen LogP contribution in [0.15, 0.2) is 36.4 Å². The Morgan fingerprint density at radius 2 is 1.57 bits per heavy atom. The summed E-state index contributed by atoms with van der Waals surface area (Å²) < 4.78 is 13.8. The van der Waals surface area contributed by atoms with Crippen molar-refractivity contribution < 1.29 is 4.39 Å². The molecule has 0 bridgehead atoms. The molecule has 0 amide bonds. The van der Waals surface area contributed by atoms with Crippen molar-refractivity contribution in [1.82, 2.24) is 0 Å². The number of benzene rings is 2. The smallest absolute Gasteiger partial charge is 0.131 e. The topological polar surface area (TPSA) is 26.0 Å². The molecule has 0 saturated heterocycles. The first kappa shape index (κ1) is 16.0. The Morgan fingerprint density at radius 1 is 0.905 bits per heavy atom. The number of hydrogen-bond acceptors (Lipinski definition) is 1. The third-order valence-electron chi connectivity index (χ3n) is 4.17. The first-order valence-electron chi connectivity index (χ1n) is 8.16. The van der Waals surface area contributed by atoms with E-state index in [9.17, 15) is 4.39 Å². The van der Waals surface area contributed by atoms with Gasteiger partial charge in [-0.3, -0.25) is 0 Å². The maximum Gasteiger partial charge on any atom is 0.131 e. The van der Waals surface area contributed by atoms with E-state index in [1.165, 1.54) is 32.1 Å². The zero-order chi connectivity index (χ0) is 15.1. The number of halogens is 1. The van der Waals surface area contributed by atoms with Crippen molar-refractivity contribution >= 4 is 10.8 Å². The third-order valence-corrected chi connectivity index (χ3v) is 4.17. The molecule has 0 saturated carbocycles. The third kappa shape index (κ3) is 4.28. The van der Waals surface area contributed by atoms with Gasteiger partial charge in [-0.05, 0) is 23.4 Å². The highest BCUT2D eigenvalue weighted by Gasteiger charge is 2.11. The van der Waals surface area contributed by atoms with Crippen LogP contribution in [0.1, 0.15) is 63.5 Å². The Morgan fingerprint density at radius 3 is 2.33 bits per heavy atom. The molecular formula is C19H26FN. The van der Waals surface area contributed by atoms with E-state index in [0.717, 1.165) is 23.8 Å². The molecule has 2 heteroatoms. The van der Waals surface area contributed by atoms with Gasteiger partial charge in [-0.15, -0.1) is 0 Å². The summed E-state index contributed by atoms with van der Waals surface area (Å²) in [6.45, 7) is 2.23. The van der Waals surface area contributed by atoms with E-state index in [1.807, 2.05) is 30.3 Å². The van der Waals surface area contributed by atoms with Gasteiger partial charge in [-0.2, -0.15) is 0 Å². The molecule has 0 aromatic heterocycles. The van der Waals surface area contributed by atoms with Gasteiger partial charge in [-0.1, -0.05) is 75.8 Å². The van der Waals surface area contributed by atoms with E-state index in [-0.39, 0.29) is 11.9 Å². The van der Waals surface area contributed by atoms with Crippen molar-refractivity contribution in [1.29, 1.82) is 0 Å². The highest BCUT2D eigenvalue weighted by molar-refractivity contribution is 5.86. The predicted molar refractivity (Wildman–Crippen MR) is 88.8 cm³/mol. The molecule has 0 aliphatic carbocycles. The minimum Gasteiger partial charge on any atom is -0.324 e. The lowest BCUT2D eigenvalue weighted by Crippen LogP contribution is -2.11. The van der Waals surface area contributed by atoms with E-state index in [4.69, 9.17) is 5.73 Å². The SMILES string of the molecule is CCCCCCCCC(N)c1ccc(F)c2ccccc12. The first-order chi connectivity index (χ1) is 10.2. The second-order valence-electron chi connectivity index (χ2n) is 5.85. The number of rotatable bonds is 8. The van der Waals surface area contributed by atoms with Crippen LogP contribution in [0.3, 0.4) is 0 Å². The minimum atomic E-state index is -0.166. The fourth-order valence-electron chi connectivity index (χ4n) is 2.91. The van der Waals surface area contributed by atoms with Crippen LogP contribution >= 0.6 is 0 Å². The Labute approximate surface area is 127 Å². The van der Waals surface area contributed by atoms with Crippen LogP contribution in [0.4, 0.5) is 4.39 Å². The van der Waals surface area contributed by atoms with Gasteiger partial charge in [0.05, 0.1) is 0 Å². The predicted octanol–water partition coefficient (Wildman–Crippen LogP) is 5.73. The molecule has 1 unspecified atom stereocenters. The maximum absolute atomic E-state index is 13.8. The van der Waals surface area contributed by atoms with Gasteiger partial charge in [0.15, 0.2) is 0 Å². The molecule has 0 fully saturated rings. The Kier molecular flexibility index (Phi) is 6.19. The average molecular weight is 287 g/mol. The molecule has 2 aromatic carbocycles. The van der Waals surface area contributed by atoms with E-state index in [2.05, 4.69) is 6.92 Å². The van der Waals surface area contributed by atoms with Crippen LogP contribution in [0.2, 0.25) is 0 Å². The Balaban J connectivity index is 1.97. The van der Waals surface area contributed by atoms with Crippen molar-refractivity contribution in [3.8, 4) is 0 Å². The molecule has 2 rings (SSSR count). The van der Waals surface area contributed by atoms with Crippen LogP contribution in [0.25, 0.3) is 10.8 Å². The molecule has 0 aliphatic heterocycles. The molecule has 0 spiro atoms. The van der Waals surface area contributed by atoms with Gasteiger partial charge in [0.1, 0.15) is 5.82 Å². The number of unbranched alkanes of at least 4 members (excludes halogenated alkanes) is 5. The van der Waals surface area contributed by atoms with Gasteiger partial charge < -0.3 is 5.73 Å². The van der Waals surface area contributed by atoms with Crippen molar-refractivity contribution in [2.24, 2.45) is 5.73 Å². The standard InChI is InChI=1S/C19H26FN/c1-2-3-4-5-6-7-12-19(21)17-13-14-18(20)16-11-9-8-10-15(16)17/h8-11,13-14,19H,2-7,12,21H2,1H3. The van der Waals surface area contributed by atoms with Crippen LogP contribution < -0.4 is 5.73 Å². The normalized spacial score (nSPS) is 12.7. The fraction of sp³-hybridized carbons (Fsp3) is 0.474. The summed E-state index contributed by atoms with van der Waals surface area (Å²) in [6.07, 6.45) is 8.59. The highest BCUT2D eigenvalue weighted by Crippen LogP contribution is 2.28. The highest BCUT2D eigenvalue weighted by atomic mass is 19.1. The summed E-state index contributed by atoms with van der Waals surface area (Å²) in [4.78, 5) is 0. The number of hydrogen-bond donors (Lipinski definition) is 1. The lowest BCUT2D eigenvalue weighted by Gasteiger charge is -2.15. The maximum atomic E-state index is 13.8. The van der Waals surface area contributed by atoms with Crippen LogP contribution in [0, 0.1) is 5.82 Å². The molecule has 0 heterocycles. The lowest BCUT2D eigenvalue weighted by atomic mass is 9.95. The summed E-state index contributed by atoms with van der Waals surface area (Å²) in [6, 6.07) is 11.0. The lowest BCUT2D eigenvalue weighted by molar-refractivity contribution is 0.548. The Hall–Kier alpha value is -1.41. The van der Waals surface area contributed by atoms with E-state index in [0.29, 0.717) is 5.39 Å². The monoisotopic (exact) mass is 287 g/mol. The molecule has 1 nitrogen and oxygen atoms in total. The number of nitrogens with two attached hydrogens (primary N) is 1. The van der Waals surface area contributed by atoms with Gasteiger partial charge in [0.2, 0.25) is 0 Å². The van der Waals surface area contributed by atoms with Crippen LogP contribution in [-0.2, 0) is 0 Å². The zero-order valence-corrected chi connectivity index (χ0v) is 12.9. The molecule has 0 aliphatic rings. The summed E-state index contributed by atoms with van der Waals surface area (Å²) in [7, 11) is 0. The fourth-order valence-corrected chi connectivity index (χ4v) is 2.91. The molecule has 21 heavy (non-hydrogen) atoms. The molecule has 2 aromatic rings. The van der Waals surface area contributed by atoms with Gasteiger partial charge in [-0.25, -0.2) is 4.39 Å². The summed E-state index contributed by atoms with van der Waals surface area (Å²) in [5, 5.41) is 1.63. The molecule has 1 atom stereocenters. The largest absolute Gasteiger partial charge is 0.324 e. The van der Waals surface area contributed by atoms with Gasteiger partial charge in [0, 0.05) is 11.4 Å². The minimum absolute atomic E-state index is 0.00155. The zero-order valence-electron chi connectivity index (χ0n) is 12.9. The molecule has 2 N–H and O–H groups in total. The van der Waals surface area contributed by atoms with Crippen molar-refractivity contribution in [2.75, 3.05) is 0 Å². The Bertz CT molecular complexity index is 564. The van der Waals surface area contributed by atoms with E-state index >= 15 is 0 Å². The van der Waals surface area contributed by atoms with Crippen molar-refractivity contribution in [3.63, 3.8) is 0 Å². The van der Waals surface area contributed by atoms with E-state index < -0.39 is 0 Å². The molecular weight excluding hydrogens is 261 g/mol.